The van der Waals surface area contributed by atoms with Crippen LogP contribution in [-0.2, 0) is 0 Å². The molecule has 0 aromatic carbocycles. The van der Waals surface area contributed by atoms with Crippen LogP contribution in [0, 0.1) is 11.3 Å². The molecule has 5 rings (SSSR count). The van der Waals surface area contributed by atoms with Crippen molar-refractivity contribution in [3.8, 4) is 23.0 Å². The molecule has 8 nitrogen and oxygen atoms in total. The number of nitriles is 1. The minimum Gasteiger partial charge on any atom is -0.346 e. The maximum absolute atomic E-state index is 12.3. The summed E-state index contributed by atoms with van der Waals surface area (Å²) >= 11 is 6.39. The number of aromatic nitrogens is 6. The fourth-order valence-electron chi connectivity index (χ4n) is 3.11. The molecule has 0 saturated heterocycles. The van der Waals surface area contributed by atoms with Gasteiger partial charge in [0.2, 0.25) is 0 Å². The Balaban J connectivity index is 1.86. The average Bonchev–Trinajstić information content (AvgIpc) is 3.37. The van der Waals surface area contributed by atoms with Crippen molar-refractivity contribution in [2.24, 2.45) is 0 Å². The maximum Gasteiger partial charge on any atom is 0.191 e. The van der Waals surface area contributed by atoms with Crippen molar-refractivity contribution in [3.05, 3.63) is 76.2 Å². The summed E-state index contributed by atoms with van der Waals surface area (Å²) in [6, 6.07) is 7.01. The summed E-state index contributed by atoms with van der Waals surface area (Å²) in [5, 5.41) is 14.3. The number of fused-ring (bicyclic) bond motifs is 2. The molecular weight excluding hydrogens is 378 g/mol. The quantitative estimate of drug-likeness (QED) is 0.501. The van der Waals surface area contributed by atoms with Crippen LogP contribution in [0.3, 0.4) is 0 Å². The zero-order chi connectivity index (χ0) is 19.3. The van der Waals surface area contributed by atoms with Crippen LogP contribution in [0.5, 0.6) is 0 Å². The van der Waals surface area contributed by atoms with E-state index in [1.165, 1.54) is 16.9 Å². The molecule has 0 bridgehead atoms. The van der Waals surface area contributed by atoms with Gasteiger partial charge in [-0.3, -0.25) is 4.79 Å². The number of H-pyrrole nitrogens is 1. The SMILES string of the molecule is N#Cc1cnn(-c2nc3[nH]ccc(=O)c3cc2-c2cc(Cl)c3nccn3c2)c1. The van der Waals surface area contributed by atoms with Gasteiger partial charge in [-0.15, -0.1) is 0 Å². The third-order valence-electron chi connectivity index (χ3n) is 4.40. The molecular formula is C19H10ClN7O. The van der Waals surface area contributed by atoms with Crippen molar-refractivity contribution >= 4 is 28.3 Å². The van der Waals surface area contributed by atoms with Crippen LogP contribution in [0.25, 0.3) is 33.6 Å². The summed E-state index contributed by atoms with van der Waals surface area (Å²) in [7, 11) is 0. The summed E-state index contributed by atoms with van der Waals surface area (Å²) in [6.07, 6.45) is 9.87. The van der Waals surface area contributed by atoms with Gasteiger partial charge in [0.25, 0.3) is 0 Å². The summed E-state index contributed by atoms with van der Waals surface area (Å²) < 4.78 is 3.30. The Morgan fingerprint density at radius 3 is 2.96 bits per heavy atom. The number of hydrogen-bond donors (Lipinski definition) is 1. The molecule has 0 unspecified atom stereocenters. The molecule has 5 aromatic rings. The monoisotopic (exact) mass is 387 g/mol. The first-order chi connectivity index (χ1) is 13.6. The standard InChI is InChI=1S/C19H10ClN7O/c20-15-5-12(10-26-4-3-23-19(15)26)13-6-14-16(28)1-2-22-17(14)25-18(13)27-9-11(7-21)8-24-27/h1-6,8-10H,(H,22,25,28). The number of imidazole rings is 1. The molecule has 0 aliphatic heterocycles. The number of nitrogens with zero attached hydrogens (tertiary/aromatic N) is 6. The number of hydrogen-bond acceptors (Lipinski definition) is 5. The van der Waals surface area contributed by atoms with Crippen molar-refractivity contribution in [3.63, 3.8) is 0 Å². The van der Waals surface area contributed by atoms with Crippen LogP contribution >= 0.6 is 11.6 Å². The van der Waals surface area contributed by atoms with Gasteiger partial charge in [-0.25, -0.2) is 14.6 Å². The van der Waals surface area contributed by atoms with Gasteiger partial charge in [0, 0.05) is 42.0 Å². The third-order valence-corrected chi connectivity index (χ3v) is 4.68. The Bertz CT molecular complexity index is 1470. The van der Waals surface area contributed by atoms with E-state index in [1.54, 1.807) is 41.3 Å². The molecule has 0 aliphatic carbocycles. The number of nitrogens with one attached hydrogen (secondary N) is 1. The third kappa shape index (κ3) is 2.46. The fourth-order valence-corrected chi connectivity index (χ4v) is 3.37. The van der Waals surface area contributed by atoms with E-state index in [-0.39, 0.29) is 5.43 Å². The summed E-state index contributed by atoms with van der Waals surface area (Å²) in [5.41, 5.74) is 2.69. The van der Waals surface area contributed by atoms with Gasteiger partial charge in [-0.2, -0.15) is 10.4 Å². The predicted octanol–water partition coefficient (Wildman–Crippen LogP) is 2.95. The maximum atomic E-state index is 12.3. The van der Waals surface area contributed by atoms with E-state index in [0.29, 0.717) is 38.6 Å². The fraction of sp³-hybridized carbons (Fsp3) is 0. The number of rotatable bonds is 2. The van der Waals surface area contributed by atoms with Crippen molar-refractivity contribution in [2.75, 3.05) is 0 Å². The highest BCUT2D eigenvalue weighted by molar-refractivity contribution is 6.33. The molecule has 9 heteroatoms. The number of aromatic amines is 1. The summed E-state index contributed by atoms with van der Waals surface area (Å²) in [5.74, 6) is 0.464. The molecule has 0 radical (unpaired) electrons. The van der Waals surface area contributed by atoms with Crippen molar-refractivity contribution in [1.82, 2.24) is 29.1 Å². The highest BCUT2D eigenvalue weighted by Gasteiger charge is 2.16. The zero-order valence-electron chi connectivity index (χ0n) is 14.2. The molecule has 0 amide bonds. The number of halogens is 1. The summed E-state index contributed by atoms with van der Waals surface area (Å²) in [4.78, 5) is 24.1. The molecule has 0 saturated carbocycles. The van der Waals surface area contributed by atoms with Crippen molar-refractivity contribution in [1.29, 1.82) is 5.26 Å². The Hall–Kier alpha value is -3.96. The second kappa shape index (κ2) is 6.04. The lowest BCUT2D eigenvalue weighted by atomic mass is 10.1. The van der Waals surface area contributed by atoms with Crippen LogP contribution in [0.2, 0.25) is 5.02 Å². The highest BCUT2D eigenvalue weighted by atomic mass is 35.5. The molecule has 134 valence electrons. The van der Waals surface area contributed by atoms with Crippen LogP contribution in [0.15, 0.2) is 60.2 Å². The summed E-state index contributed by atoms with van der Waals surface area (Å²) in [6.45, 7) is 0. The van der Waals surface area contributed by atoms with E-state index < -0.39 is 0 Å². The molecule has 5 aromatic heterocycles. The number of pyridine rings is 3. The van der Waals surface area contributed by atoms with Gasteiger partial charge in [0.1, 0.15) is 11.7 Å². The van der Waals surface area contributed by atoms with Gasteiger partial charge >= 0.3 is 0 Å². The zero-order valence-corrected chi connectivity index (χ0v) is 14.9. The van der Waals surface area contributed by atoms with Gasteiger partial charge in [-0.1, -0.05) is 11.6 Å². The van der Waals surface area contributed by atoms with E-state index >= 15 is 0 Å². The Labute approximate surface area is 162 Å². The van der Waals surface area contributed by atoms with Gasteiger partial charge in [0.15, 0.2) is 16.9 Å². The second-order valence-electron chi connectivity index (χ2n) is 6.12. The first-order valence-electron chi connectivity index (χ1n) is 8.24. The minimum atomic E-state index is -0.151. The molecule has 1 N–H and O–H groups in total. The van der Waals surface area contributed by atoms with E-state index in [1.807, 2.05) is 6.20 Å². The molecule has 0 fully saturated rings. The van der Waals surface area contributed by atoms with Crippen molar-refractivity contribution < 1.29 is 0 Å². The van der Waals surface area contributed by atoms with Crippen LogP contribution in [0.4, 0.5) is 0 Å². The Kier molecular flexibility index (Phi) is 3.50. The van der Waals surface area contributed by atoms with E-state index in [0.717, 1.165) is 5.56 Å². The lowest BCUT2D eigenvalue weighted by molar-refractivity contribution is 0.852. The van der Waals surface area contributed by atoms with Crippen molar-refractivity contribution in [2.45, 2.75) is 0 Å². The molecule has 0 atom stereocenters. The highest BCUT2D eigenvalue weighted by Crippen LogP contribution is 2.30. The first-order valence-corrected chi connectivity index (χ1v) is 8.62. The Morgan fingerprint density at radius 2 is 2.14 bits per heavy atom. The normalized spacial score (nSPS) is 11.1. The topological polar surface area (TPSA) is 105 Å². The smallest absolute Gasteiger partial charge is 0.191 e. The first kappa shape index (κ1) is 16.2. The van der Waals surface area contributed by atoms with E-state index in [9.17, 15) is 4.79 Å². The minimum absolute atomic E-state index is 0.151. The molecule has 0 aliphatic rings. The lowest BCUT2D eigenvalue weighted by Gasteiger charge is -2.11. The van der Waals surface area contributed by atoms with Gasteiger partial charge in [-0.05, 0) is 12.1 Å². The van der Waals surface area contributed by atoms with Gasteiger partial charge in [0.05, 0.1) is 28.4 Å². The molecule has 28 heavy (non-hydrogen) atoms. The predicted molar refractivity (Wildman–Crippen MR) is 103 cm³/mol. The van der Waals surface area contributed by atoms with Crippen LogP contribution < -0.4 is 5.43 Å². The van der Waals surface area contributed by atoms with Crippen LogP contribution in [-0.4, -0.2) is 29.1 Å². The Morgan fingerprint density at radius 1 is 1.25 bits per heavy atom. The van der Waals surface area contributed by atoms with Crippen LogP contribution in [0.1, 0.15) is 5.56 Å². The largest absolute Gasteiger partial charge is 0.346 e. The van der Waals surface area contributed by atoms with Gasteiger partial charge < -0.3 is 9.38 Å². The molecule has 0 spiro atoms. The lowest BCUT2D eigenvalue weighted by Crippen LogP contribution is -2.07. The second-order valence-corrected chi connectivity index (χ2v) is 6.53. The average molecular weight is 388 g/mol. The van der Waals surface area contributed by atoms with E-state index in [2.05, 4.69) is 26.1 Å². The van der Waals surface area contributed by atoms with E-state index in [4.69, 9.17) is 16.9 Å². The molecule has 5 heterocycles.